The maximum absolute atomic E-state index is 13.4. The topological polar surface area (TPSA) is 107 Å². The lowest BCUT2D eigenvalue weighted by atomic mass is 10.1. The van der Waals surface area contributed by atoms with E-state index in [2.05, 4.69) is 21.2 Å². The smallest absolute Gasteiger partial charge is 0.416 e. The molecule has 0 saturated carbocycles. The van der Waals surface area contributed by atoms with Crippen LogP contribution >= 0.6 is 27.3 Å². The largest absolute Gasteiger partial charge is 0.478 e. The van der Waals surface area contributed by atoms with Gasteiger partial charge in [0.1, 0.15) is 0 Å². The Hall–Kier alpha value is -2.94. The summed E-state index contributed by atoms with van der Waals surface area (Å²) in [4.78, 5) is 26.2. The lowest BCUT2D eigenvalue weighted by Crippen LogP contribution is -2.48. The van der Waals surface area contributed by atoms with Gasteiger partial charge in [0.15, 0.2) is 0 Å². The molecule has 1 amide bonds. The Morgan fingerprint density at radius 3 is 2.39 bits per heavy atom. The van der Waals surface area contributed by atoms with E-state index in [1.165, 1.54) is 34.8 Å². The van der Waals surface area contributed by atoms with Crippen molar-refractivity contribution in [3.05, 3.63) is 73.9 Å². The predicted molar refractivity (Wildman–Crippen MR) is 141 cm³/mol. The minimum absolute atomic E-state index is 0.0468. The Labute approximate surface area is 228 Å². The number of amides is 1. The molecule has 0 aliphatic carbocycles. The van der Waals surface area contributed by atoms with E-state index in [1.807, 2.05) is 0 Å². The number of sulfonamides is 1. The number of carboxylic acid groups (broad SMARTS) is 1. The molecule has 0 bridgehead atoms. The van der Waals surface area contributed by atoms with Crippen molar-refractivity contribution in [3.8, 4) is 0 Å². The van der Waals surface area contributed by atoms with E-state index < -0.39 is 33.6 Å². The molecule has 4 rings (SSSR count). The van der Waals surface area contributed by atoms with Crippen LogP contribution in [-0.2, 0) is 16.2 Å². The van der Waals surface area contributed by atoms with Crippen LogP contribution in [0.1, 0.15) is 31.2 Å². The highest BCUT2D eigenvalue weighted by molar-refractivity contribution is 9.10. The van der Waals surface area contributed by atoms with E-state index in [4.69, 9.17) is 0 Å². The van der Waals surface area contributed by atoms with E-state index in [0.717, 1.165) is 23.5 Å². The van der Waals surface area contributed by atoms with Gasteiger partial charge in [-0.05, 0) is 48.9 Å². The average molecular weight is 632 g/mol. The Morgan fingerprint density at radius 2 is 1.76 bits per heavy atom. The van der Waals surface area contributed by atoms with Crippen LogP contribution in [0.15, 0.2) is 57.2 Å². The van der Waals surface area contributed by atoms with Crippen molar-refractivity contribution in [2.45, 2.75) is 18.0 Å². The highest BCUT2D eigenvalue weighted by Gasteiger charge is 2.34. The number of piperazine rings is 1. The summed E-state index contributed by atoms with van der Waals surface area (Å²) in [6.45, 7) is 1.99. The first kappa shape index (κ1) is 28.1. The van der Waals surface area contributed by atoms with Gasteiger partial charge in [-0.25, -0.2) is 13.2 Å². The maximum Gasteiger partial charge on any atom is 0.416 e. The Balaban J connectivity index is 1.49. The van der Waals surface area contributed by atoms with E-state index >= 15 is 0 Å². The molecule has 14 heteroatoms. The number of hydrogen-bond donors (Lipinski definition) is 2. The first-order chi connectivity index (χ1) is 17.8. The molecule has 1 saturated heterocycles. The zero-order valence-electron chi connectivity index (χ0n) is 19.8. The third kappa shape index (κ3) is 5.72. The first-order valence-corrected chi connectivity index (χ1v) is 14.2. The zero-order valence-corrected chi connectivity index (χ0v) is 23.0. The molecule has 38 heavy (non-hydrogen) atoms. The number of nitrogens with one attached hydrogen (secondary N) is 1. The predicted octanol–water partition coefficient (Wildman–Crippen LogP) is 5.30. The normalized spacial score (nSPS) is 14.9. The number of alkyl halides is 3. The number of anilines is 2. The molecule has 0 atom stereocenters. The number of nitrogens with zero attached hydrogens (tertiary/aromatic N) is 2. The van der Waals surface area contributed by atoms with Gasteiger partial charge in [-0.15, -0.1) is 11.3 Å². The number of thiophene rings is 1. The first-order valence-electron chi connectivity index (χ1n) is 11.1. The second-order valence-electron chi connectivity index (χ2n) is 8.44. The van der Waals surface area contributed by atoms with E-state index in [9.17, 15) is 36.3 Å². The molecule has 2 N–H and O–H groups in total. The number of carboxylic acids is 1. The van der Waals surface area contributed by atoms with Crippen LogP contribution < -0.4 is 10.2 Å². The monoisotopic (exact) mass is 631 g/mol. The number of aromatic carboxylic acids is 1. The van der Waals surface area contributed by atoms with Gasteiger partial charge in [-0.2, -0.15) is 17.5 Å². The van der Waals surface area contributed by atoms with Crippen LogP contribution in [0.5, 0.6) is 0 Å². The van der Waals surface area contributed by atoms with Gasteiger partial charge < -0.3 is 15.3 Å². The van der Waals surface area contributed by atoms with Gasteiger partial charge in [0.2, 0.25) is 10.0 Å². The molecule has 202 valence electrons. The van der Waals surface area contributed by atoms with E-state index in [0.29, 0.717) is 10.2 Å². The van der Waals surface area contributed by atoms with Crippen molar-refractivity contribution in [2.24, 2.45) is 0 Å². The minimum atomic E-state index is -4.48. The Morgan fingerprint density at radius 1 is 1.08 bits per heavy atom. The molecule has 3 aromatic rings. The Kier molecular flexibility index (Phi) is 7.89. The second kappa shape index (κ2) is 10.7. The summed E-state index contributed by atoms with van der Waals surface area (Å²) in [6.07, 6.45) is -4.48. The molecule has 0 unspecified atom stereocenters. The van der Waals surface area contributed by atoms with Crippen molar-refractivity contribution in [3.63, 3.8) is 0 Å². The van der Waals surface area contributed by atoms with Gasteiger partial charge in [0.05, 0.1) is 26.6 Å². The number of benzene rings is 2. The van der Waals surface area contributed by atoms with Crippen LogP contribution in [0.3, 0.4) is 0 Å². The summed E-state index contributed by atoms with van der Waals surface area (Å²) in [5.41, 5.74) is -0.261. The molecule has 1 fully saturated rings. The molecule has 1 aromatic heterocycles. The summed E-state index contributed by atoms with van der Waals surface area (Å²) in [5, 5.41) is 13.3. The van der Waals surface area contributed by atoms with Gasteiger partial charge >= 0.3 is 12.1 Å². The quantitative estimate of drug-likeness (QED) is 0.382. The number of carbonyl (C=O) groups is 2. The fourth-order valence-corrected chi connectivity index (χ4v) is 7.38. The molecule has 0 radical (unpaired) electrons. The molecule has 8 nitrogen and oxygen atoms in total. The average Bonchev–Trinajstić information content (AvgIpc) is 3.27. The van der Waals surface area contributed by atoms with Crippen molar-refractivity contribution in [1.82, 2.24) is 4.31 Å². The van der Waals surface area contributed by atoms with Gasteiger partial charge in [-0.1, -0.05) is 22.0 Å². The Bertz CT molecular complexity index is 1500. The molecular formula is C24H21BrF3N3O5S2. The minimum Gasteiger partial charge on any atom is -0.478 e. The SMILES string of the molecule is Cc1c(S(=O)(=O)N2CCN(c3cccc(C(F)(F)F)c3)CC2)csc1C(=O)Nc1ccc(Br)cc1C(=O)O. The molecule has 0 spiro atoms. The van der Waals surface area contributed by atoms with Crippen LogP contribution in [0.2, 0.25) is 0 Å². The molecule has 1 aliphatic heterocycles. The van der Waals surface area contributed by atoms with Crippen LogP contribution in [-0.4, -0.2) is 55.9 Å². The highest BCUT2D eigenvalue weighted by atomic mass is 79.9. The third-order valence-electron chi connectivity index (χ3n) is 6.06. The highest BCUT2D eigenvalue weighted by Crippen LogP contribution is 2.33. The zero-order chi connectivity index (χ0) is 27.8. The van der Waals surface area contributed by atoms with Crippen LogP contribution in [0.25, 0.3) is 0 Å². The fourth-order valence-electron chi connectivity index (χ4n) is 4.07. The third-order valence-corrected chi connectivity index (χ3v) is 9.80. The van der Waals surface area contributed by atoms with Crippen LogP contribution in [0.4, 0.5) is 24.5 Å². The standard InChI is InChI=1S/C24H21BrF3N3O5S2/c1-14-20(13-37-21(14)22(32)29-19-6-5-16(25)12-18(19)23(33)34)38(35,36)31-9-7-30(8-10-31)17-4-2-3-15(11-17)24(26,27)28/h2-6,11-13H,7-10H2,1H3,(H,29,32)(H,33,34). The van der Waals surface area contributed by atoms with E-state index in [-0.39, 0.29) is 52.8 Å². The molecule has 1 aliphatic rings. The maximum atomic E-state index is 13.4. The van der Waals surface area contributed by atoms with Crippen molar-refractivity contribution in [2.75, 3.05) is 36.4 Å². The number of hydrogen-bond acceptors (Lipinski definition) is 6. The number of carbonyl (C=O) groups excluding carboxylic acids is 1. The van der Waals surface area contributed by atoms with Crippen molar-refractivity contribution >= 4 is 60.5 Å². The summed E-state index contributed by atoms with van der Waals surface area (Å²) in [7, 11) is -3.99. The second-order valence-corrected chi connectivity index (χ2v) is 12.1. The fraction of sp³-hybridized carbons (Fsp3) is 0.250. The van der Waals surface area contributed by atoms with Gasteiger partial charge in [-0.3, -0.25) is 4.79 Å². The summed E-state index contributed by atoms with van der Waals surface area (Å²) in [5.74, 6) is -1.88. The summed E-state index contributed by atoms with van der Waals surface area (Å²) < 4.78 is 67.7. The lowest BCUT2D eigenvalue weighted by Gasteiger charge is -2.35. The number of halogens is 4. The summed E-state index contributed by atoms with van der Waals surface area (Å²) in [6, 6.07) is 9.23. The van der Waals surface area contributed by atoms with Crippen molar-refractivity contribution in [1.29, 1.82) is 0 Å². The van der Waals surface area contributed by atoms with Crippen LogP contribution in [0, 0.1) is 6.92 Å². The molecular weight excluding hydrogens is 611 g/mol. The molecule has 2 heterocycles. The molecule has 2 aromatic carbocycles. The number of rotatable bonds is 6. The van der Waals surface area contributed by atoms with Gasteiger partial charge in [0, 0.05) is 41.7 Å². The van der Waals surface area contributed by atoms with Gasteiger partial charge in [0.25, 0.3) is 5.91 Å². The lowest BCUT2D eigenvalue weighted by molar-refractivity contribution is -0.137. The van der Waals surface area contributed by atoms with Crippen molar-refractivity contribution < 1.29 is 36.3 Å². The van der Waals surface area contributed by atoms with E-state index in [1.54, 1.807) is 17.0 Å². The summed E-state index contributed by atoms with van der Waals surface area (Å²) >= 11 is 4.11.